The summed E-state index contributed by atoms with van der Waals surface area (Å²) < 4.78 is 8.92. The number of hydrogen-bond acceptors (Lipinski definition) is 8. The van der Waals surface area contributed by atoms with E-state index in [1.807, 2.05) is 4.52 Å². The summed E-state index contributed by atoms with van der Waals surface area (Å²) in [4.78, 5) is 8.06. The summed E-state index contributed by atoms with van der Waals surface area (Å²) in [6.45, 7) is 7.82. The summed E-state index contributed by atoms with van der Waals surface area (Å²) in [5.41, 5.74) is 12.2. The molecule has 1 aromatic carbocycles. The number of aryl methyl sites for hydroxylation is 1. The van der Waals surface area contributed by atoms with Crippen LogP contribution in [0.3, 0.4) is 0 Å². The van der Waals surface area contributed by atoms with Crippen molar-refractivity contribution in [2.24, 2.45) is 0 Å². The lowest BCUT2D eigenvalue weighted by atomic mass is 10.1. The van der Waals surface area contributed by atoms with Gasteiger partial charge >= 0.3 is 0 Å². The Labute approximate surface area is 239 Å². The van der Waals surface area contributed by atoms with Crippen molar-refractivity contribution in [2.75, 3.05) is 39.0 Å². The summed E-state index contributed by atoms with van der Waals surface area (Å²) in [5.74, 6) is 1.43. The lowest BCUT2D eigenvalue weighted by molar-refractivity contribution is 0.228. The zero-order chi connectivity index (χ0) is 23.2. The number of hydrogen-bond donors (Lipinski definition) is 3. The van der Waals surface area contributed by atoms with E-state index >= 15 is 0 Å². The third-order valence-corrected chi connectivity index (χ3v) is 8.06. The number of piperazine rings is 1. The first kappa shape index (κ1) is 29.7. The largest absolute Gasteiger partial charge is 0.495 e. The monoisotopic (exact) mass is 585 g/mol. The molecule has 0 amide bonds. The van der Waals surface area contributed by atoms with Crippen LogP contribution in [0.15, 0.2) is 24.5 Å². The molecule has 4 N–H and O–H groups in total. The van der Waals surface area contributed by atoms with E-state index in [9.17, 15) is 0 Å². The van der Waals surface area contributed by atoms with Crippen molar-refractivity contribution < 1.29 is 4.74 Å². The van der Waals surface area contributed by atoms with E-state index < -0.39 is 0 Å². The van der Waals surface area contributed by atoms with Crippen LogP contribution in [0, 0.1) is 6.92 Å². The molecule has 1 aliphatic heterocycles. The van der Waals surface area contributed by atoms with Crippen LogP contribution in [-0.2, 0) is 13.1 Å². The third kappa shape index (κ3) is 5.78. The molecule has 4 aromatic rings. The third-order valence-electron chi connectivity index (χ3n) is 6.88. The molecule has 8 nitrogen and oxygen atoms in total. The molecule has 37 heavy (non-hydrogen) atoms. The van der Waals surface area contributed by atoms with Gasteiger partial charge in [0.2, 0.25) is 0 Å². The van der Waals surface area contributed by atoms with Gasteiger partial charge in [-0.25, -0.2) is 9.50 Å². The molecule has 0 radical (unpaired) electrons. The maximum absolute atomic E-state index is 6.52. The lowest BCUT2D eigenvalue weighted by Gasteiger charge is -2.27. The first-order valence-electron chi connectivity index (χ1n) is 12.0. The number of nitrogens with two attached hydrogens (primary N) is 1. The number of nitrogens with one attached hydrogen (secondary N) is 2. The molecule has 1 saturated carbocycles. The molecular formula is C25H34Cl3N7OS. The molecule has 4 heterocycles. The normalized spacial score (nSPS) is 15.7. The Morgan fingerprint density at radius 1 is 1.16 bits per heavy atom. The second-order valence-electron chi connectivity index (χ2n) is 9.38. The van der Waals surface area contributed by atoms with Gasteiger partial charge in [-0.15, -0.1) is 48.6 Å². The molecule has 2 aliphatic rings. The molecule has 0 bridgehead atoms. The molecule has 2 fully saturated rings. The number of nitrogen functional groups attached to an aromatic ring is 1. The van der Waals surface area contributed by atoms with Crippen LogP contribution in [0.4, 0.5) is 5.82 Å². The highest BCUT2D eigenvalue weighted by molar-refractivity contribution is 7.22. The molecule has 6 rings (SSSR count). The van der Waals surface area contributed by atoms with Crippen LogP contribution < -0.4 is 21.1 Å². The SMILES string of the molecule is COc1cc(C)cc2cc(-c3c(CNC4CC4)c(CN4CCNCC4)n4ncnc(N)c34)sc12.Cl.Cl.Cl. The predicted molar refractivity (Wildman–Crippen MR) is 159 cm³/mol. The van der Waals surface area contributed by atoms with Gasteiger partial charge in [-0.05, 0) is 48.4 Å². The maximum atomic E-state index is 6.52. The van der Waals surface area contributed by atoms with Gasteiger partial charge in [-0.2, -0.15) is 5.10 Å². The zero-order valence-electron chi connectivity index (χ0n) is 21.0. The van der Waals surface area contributed by atoms with E-state index in [0.29, 0.717) is 11.9 Å². The number of anilines is 1. The van der Waals surface area contributed by atoms with E-state index in [1.54, 1.807) is 24.8 Å². The summed E-state index contributed by atoms with van der Waals surface area (Å²) in [6, 6.07) is 7.20. The van der Waals surface area contributed by atoms with Crippen molar-refractivity contribution in [3.63, 3.8) is 0 Å². The van der Waals surface area contributed by atoms with Crippen LogP contribution in [0.2, 0.25) is 0 Å². The summed E-state index contributed by atoms with van der Waals surface area (Å²) >= 11 is 1.76. The minimum absolute atomic E-state index is 0. The smallest absolute Gasteiger partial charge is 0.152 e. The molecule has 0 atom stereocenters. The summed E-state index contributed by atoms with van der Waals surface area (Å²) in [6.07, 6.45) is 4.07. The molecule has 0 spiro atoms. The van der Waals surface area contributed by atoms with E-state index in [2.05, 4.69) is 45.6 Å². The Balaban J connectivity index is 0.00000127. The van der Waals surface area contributed by atoms with Crippen molar-refractivity contribution >= 4 is 70.0 Å². The van der Waals surface area contributed by atoms with Gasteiger partial charge in [-0.3, -0.25) is 4.90 Å². The molecule has 1 saturated heterocycles. The van der Waals surface area contributed by atoms with Crippen molar-refractivity contribution in [1.29, 1.82) is 0 Å². The van der Waals surface area contributed by atoms with Gasteiger partial charge in [0.05, 0.1) is 17.5 Å². The highest BCUT2D eigenvalue weighted by Crippen LogP contribution is 2.44. The Bertz CT molecular complexity index is 1370. The maximum Gasteiger partial charge on any atom is 0.152 e. The second kappa shape index (κ2) is 12.3. The van der Waals surface area contributed by atoms with Gasteiger partial charge < -0.3 is 21.1 Å². The van der Waals surface area contributed by atoms with E-state index in [4.69, 9.17) is 15.6 Å². The van der Waals surface area contributed by atoms with Gasteiger partial charge in [0.15, 0.2) is 5.82 Å². The Morgan fingerprint density at radius 3 is 2.62 bits per heavy atom. The number of nitrogens with zero attached hydrogens (tertiary/aromatic N) is 4. The average Bonchev–Trinajstić information content (AvgIpc) is 3.49. The van der Waals surface area contributed by atoms with Gasteiger partial charge in [0, 0.05) is 55.8 Å². The number of rotatable bonds is 7. The highest BCUT2D eigenvalue weighted by atomic mass is 35.5. The van der Waals surface area contributed by atoms with Gasteiger partial charge in [0.25, 0.3) is 0 Å². The molecule has 3 aromatic heterocycles. The second-order valence-corrected chi connectivity index (χ2v) is 10.4. The first-order chi connectivity index (χ1) is 16.6. The van der Waals surface area contributed by atoms with Crippen molar-refractivity contribution in [3.8, 4) is 16.2 Å². The van der Waals surface area contributed by atoms with Crippen LogP contribution >= 0.6 is 48.6 Å². The number of thiophene rings is 1. The number of halogens is 3. The predicted octanol–water partition coefficient (Wildman–Crippen LogP) is 4.43. The highest BCUT2D eigenvalue weighted by Gasteiger charge is 2.28. The number of methoxy groups -OCH3 is 1. The van der Waals surface area contributed by atoms with E-state index in [-0.39, 0.29) is 37.2 Å². The fourth-order valence-corrected chi connectivity index (χ4v) is 6.20. The first-order valence-corrected chi connectivity index (χ1v) is 12.8. The van der Waals surface area contributed by atoms with E-state index in [0.717, 1.165) is 60.8 Å². The zero-order valence-corrected chi connectivity index (χ0v) is 24.2. The van der Waals surface area contributed by atoms with Gasteiger partial charge in [-0.1, -0.05) is 6.07 Å². The number of ether oxygens (including phenoxy) is 1. The fourth-order valence-electron chi connectivity index (χ4n) is 4.99. The number of benzene rings is 1. The van der Waals surface area contributed by atoms with E-state index in [1.165, 1.54) is 39.9 Å². The quantitative estimate of drug-likeness (QED) is 0.295. The minimum atomic E-state index is 0. The Kier molecular flexibility index (Phi) is 9.90. The lowest BCUT2D eigenvalue weighted by Crippen LogP contribution is -2.43. The van der Waals surface area contributed by atoms with Crippen LogP contribution in [0.5, 0.6) is 5.75 Å². The van der Waals surface area contributed by atoms with Crippen molar-refractivity contribution in [2.45, 2.75) is 38.9 Å². The van der Waals surface area contributed by atoms with Crippen LogP contribution in [0.25, 0.3) is 26.0 Å². The molecule has 1 aliphatic carbocycles. The summed E-state index contributed by atoms with van der Waals surface area (Å²) in [7, 11) is 1.74. The fraction of sp³-hybridized carbons (Fsp3) is 0.440. The molecular weight excluding hydrogens is 553 g/mol. The average molecular weight is 587 g/mol. The Hall–Kier alpha value is -1.85. The van der Waals surface area contributed by atoms with Crippen molar-refractivity contribution in [1.82, 2.24) is 30.1 Å². The Morgan fingerprint density at radius 2 is 1.92 bits per heavy atom. The molecule has 202 valence electrons. The summed E-state index contributed by atoms with van der Waals surface area (Å²) in [5, 5.41) is 13.1. The molecule has 12 heteroatoms. The van der Waals surface area contributed by atoms with Crippen molar-refractivity contribution in [3.05, 3.63) is 41.3 Å². The number of fused-ring (bicyclic) bond motifs is 2. The molecule has 0 unspecified atom stereocenters. The van der Waals surface area contributed by atoms with Gasteiger partial charge in [0.1, 0.15) is 17.6 Å². The van der Waals surface area contributed by atoms with Crippen LogP contribution in [0.1, 0.15) is 29.7 Å². The minimum Gasteiger partial charge on any atom is -0.495 e. The number of aromatic nitrogens is 3. The standard InChI is InChI=1S/C25H31N7OS.3ClH/c1-15-9-16-11-21(34-24(16)20(10-15)33-2)22-18(12-28-17-3-4-17)19(13-31-7-5-27-6-8-31)32-23(22)25(26)29-14-30-32;;;/h9-11,14,17,27-28H,3-8,12-13H2,1-2H3,(H2,26,29,30);3*1H. The topological polar surface area (TPSA) is 92.7 Å². The van der Waals surface area contributed by atoms with Crippen LogP contribution in [-0.4, -0.2) is 58.8 Å².